The van der Waals surface area contributed by atoms with Crippen LogP contribution in [0.1, 0.15) is 6.23 Å². The van der Waals surface area contributed by atoms with Gasteiger partial charge in [-0.25, -0.2) is 14.4 Å². The van der Waals surface area contributed by atoms with Gasteiger partial charge in [0.15, 0.2) is 12.5 Å². The van der Waals surface area contributed by atoms with Crippen molar-refractivity contribution in [2.45, 2.75) is 55.2 Å². The lowest BCUT2D eigenvalue weighted by Gasteiger charge is -2.40. The predicted molar refractivity (Wildman–Crippen MR) is 107 cm³/mol. The zero-order valence-electron chi connectivity index (χ0n) is 17.1. The number of aromatic nitrogens is 2. The maximum Gasteiger partial charge on any atom is 0.403 e. The minimum atomic E-state index is -4.79. The Balaban J connectivity index is 0.00000385. The lowest BCUT2D eigenvalue weighted by Crippen LogP contribution is -2.62. The van der Waals surface area contributed by atoms with Gasteiger partial charge in [0.05, 0.1) is 19.3 Å². The molecule has 0 saturated carbocycles. The number of aliphatic hydroxyl groups excluding tert-OH is 6. The summed E-state index contributed by atoms with van der Waals surface area (Å²) < 4.78 is 28.3. The number of nitrogens with one attached hydrogen (secondary N) is 1. The van der Waals surface area contributed by atoms with Crippen LogP contribution in [0.5, 0.6) is 0 Å². The van der Waals surface area contributed by atoms with Crippen LogP contribution in [0.4, 0.5) is 5.82 Å². The van der Waals surface area contributed by atoms with Gasteiger partial charge in [-0.05, 0) is 6.07 Å². The first kappa shape index (κ1) is 27.7. The van der Waals surface area contributed by atoms with E-state index in [-0.39, 0.29) is 12.0 Å². The molecule has 10 atom stereocenters. The Bertz CT molecular complexity index is 906. The zero-order valence-corrected chi connectivity index (χ0v) is 18.0. The van der Waals surface area contributed by atoms with Crippen LogP contribution in [0.2, 0.25) is 0 Å². The second-order valence-corrected chi connectivity index (χ2v) is 8.85. The van der Waals surface area contributed by atoms with Crippen molar-refractivity contribution in [2.24, 2.45) is 0 Å². The molecule has 17 nitrogen and oxygen atoms in total. The van der Waals surface area contributed by atoms with Crippen molar-refractivity contribution in [2.75, 3.05) is 18.9 Å². The summed E-state index contributed by atoms with van der Waals surface area (Å²) in [5.74, 6) is -0.0713. The smallest absolute Gasteiger partial charge is 0.394 e. The molecule has 0 aliphatic carbocycles. The number of aliphatic hydroxyl groups is 6. The van der Waals surface area contributed by atoms with Crippen molar-refractivity contribution < 1.29 is 54.1 Å². The summed E-state index contributed by atoms with van der Waals surface area (Å²) in [6.07, 6.45) is -11.5. The molecule has 0 bridgehead atoms. The van der Waals surface area contributed by atoms with E-state index in [1.807, 2.05) is 5.09 Å². The summed E-state index contributed by atoms with van der Waals surface area (Å²) in [5, 5.41) is 61.1. The largest absolute Gasteiger partial charge is 0.403 e. The van der Waals surface area contributed by atoms with Gasteiger partial charge in [-0.1, -0.05) is 0 Å². The zero-order chi connectivity index (χ0) is 23.8. The summed E-state index contributed by atoms with van der Waals surface area (Å²) >= 11 is 0. The number of nitrogens with two attached hydrogens (primary N) is 1. The Kier molecular flexibility index (Phi) is 9.05. The van der Waals surface area contributed by atoms with E-state index in [0.29, 0.717) is 0 Å². The highest BCUT2D eigenvalue weighted by Crippen LogP contribution is 2.41. The molecule has 1 aromatic rings. The highest BCUT2D eigenvalue weighted by atomic mass is 31.2. The maximum atomic E-state index is 12.4. The summed E-state index contributed by atoms with van der Waals surface area (Å²) in [6.45, 7) is -1.48. The highest BCUT2D eigenvalue weighted by molar-refractivity contribution is 7.50. The molecule has 0 amide bonds. The first-order valence-electron chi connectivity index (χ1n) is 9.37. The lowest BCUT2D eigenvalue weighted by molar-refractivity contribution is -0.252. The molecule has 2 fully saturated rings. The van der Waals surface area contributed by atoms with Crippen molar-refractivity contribution in [1.29, 1.82) is 0 Å². The number of rotatable bonds is 7. The van der Waals surface area contributed by atoms with E-state index in [2.05, 4.69) is 4.98 Å². The number of hydrogen-bond donors (Lipinski definition) is 10. The van der Waals surface area contributed by atoms with Crippen LogP contribution in [0, 0.1) is 0 Å². The molecule has 3 rings (SSSR count). The summed E-state index contributed by atoms with van der Waals surface area (Å²) in [6, 6.07) is -0.408. The summed E-state index contributed by atoms with van der Waals surface area (Å²) in [7, 11) is -4.79. The molecular formula is C15H28N5O12P. The van der Waals surface area contributed by atoms with Crippen LogP contribution < -0.4 is 22.7 Å². The van der Waals surface area contributed by atoms with Crippen LogP contribution in [-0.2, 0) is 18.6 Å². The van der Waals surface area contributed by atoms with Gasteiger partial charge >= 0.3 is 13.4 Å². The van der Waals surface area contributed by atoms with Crippen LogP contribution >= 0.6 is 7.75 Å². The number of hydrogen-bond acceptors (Lipinski definition) is 14. The first-order chi connectivity index (χ1) is 14.9. The number of nitrogen functional groups attached to an aromatic ring is 1. The van der Waals surface area contributed by atoms with E-state index >= 15 is 0 Å². The number of ether oxygens (including phenoxy) is 2. The van der Waals surface area contributed by atoms with Gasteiger partial charge < -0.3 is 56.9 Å². The predicted octanol–water partition coefficient (Wildman–Crippen LogP) is -4.89. The van der Waals surface area contributed by atoms with Gasteiger partial charge in [0.2, 0.25) is 0 Å². The van der Waals surface area contributed by atoms with E-state index in [9.17, 15) is 39.8 Å². The van der Waals surface area contributed by atoms with Gasteiger partial charge in [0, 0.05) is 6.20 Å². The van der Waals surface area contributed by atoms with Gasteiger partial charge in [-0.2, -0.15) is 4.98 Å². The van der Waals surface area contributed by atoms with E-state index in [4.69, 9.17) is 24.8 Å². The molecule has 13 N–H and O–H groups in total. The fraction of sp³-hybridized carbons (Fsp3) is 0.733. The SMILES string of the molecule is N.Nc1ccn([C@@H]2O[C@H](COP(=O)(O)N[C@H]3C(O)O[C@H](CO)[C@@H](O)[C@@H]3O)[C@@H](O)[C@H]2O)c(=O)n1. The van der Waals surface area contributed by atoms with Gasteiger partial charge in [0.1, 0.15) is 42.4 Å². The molecule has 1 aromatic heterocycles. The average molecular weight is 501 g/mol. The average Bonchev–Trinajstić information content (AvgIpc) is 3.01. The van der Waals surface area contributed by atoms with Crippen LogP contribution in [0.3, 0.4) is 0 Å². The Morgan fingerprint density at radius 1 is 1.12 bits per heavy atom. The molecule has 33 heavy (non-hydrogen) atoms. The van der Waals surface area contributed by atoms with Crippen LogP contribution in [0.25, 0.3) is 0 Å². The molecule has 2 aliphatic heterocycles. The minimum absolute atomic E-state index is 0. The molecule has 0 aromatic carbocycles. The molecule has 0 radical (unpaired) electrons. The molecule has 0 spiro atoms. The Morgan fingerprint density at radius 3 is 2.36 bits per heavy atom. The molecule has 3 heterocycles. The number of anilines is 1. The fourth-order valence-corrected chi connectivity index (χ4v) is 4.43. The van der Waals surface area contributed by atoms with Crippen molar-refractivity contribution in [3.8, 4) is 0 Å². The third-order valence-corrected chi connectivity index (χ3v) is 6.21. The van der Waals surface area contributed by atoms with E-state index in [1.165, 1.54) is 12.3 Å². The first-order valence-corrected chi connectivity index (χ1v) is 10.9. The van der Waals surface area contributed by atoms with E-state index in [0.717, 1.165) is 4.57 Å². The standard InChI is InChI=1S/C15H25N4O12P.H3N/c16-7-1-2-19(15(26)17-7)13-12(24)10(22)6(30-13)4-29-32(27,28)18-8-11(23)9(21)5(3-20)31-14(8)25;/h1-2,5-6,8-14,20-25H,3-4H2,(H2,16,17,26)(H2,18,27,28);1H3/t5-,6-,8-,9-,10-,11-,12-,13-,14?;/m1./s1. The quantitative estimate of drug-likeness (QED) is 0.157. The van der Waals surface area contributed by atoms with Crippen molar-refractivity contribution >= 4 is 13.6 Å². The maximum absolute atomic E-state index is 12.4. The monoisotopic (exact) mass is 501 g/mol. The van der Waals surface area contributed by atoms with E-state index < -0.39 is 81.8 Å². The van der Waals surface area contributed by atoms with Gasteiger partial charge in [-0.3, -0.25) is 9.09 Å². The molecule has 190 valence electrons. The summed E-state index contributed by atoms with van der Waals surface area (Å²) in [4.78, 5) is 25.4. The molecule has 2 unspecified atom stereocenters. The van der Waals surface area contributed by atoms with Crippen LogP contribution in [-0.4, -0.2) is 107 Å². The number of nitrogens with zero attached hydrogens (tertiary/aromatic N) is 2. The van der Waals surface area contributed by atoms with Gasteiger partial charge in [0.25, 0.3) is 0 Å². The Hall–Kier alpha value is -1.57. The highest BCUT2D eigenvalue weighted by Gasteiger charge is 2.48. The third kappa shape index (κ3) is 5.92. The third-order valence-electron chi connectivity index (χ3n) is 5.09. The lowest BCUT2D eigenvalue weighted by atomic mass is 9.98. The summed E-state index contributed by atoms with van der Waals surface area (Å²) in [5.41, 5.74) is 4.53. The molecule has 18 heteroatoms. The van der Waals surface area contributed by atoms with Crippen LogP contribution in [0.15, 0.2) is 17.1 Å². The topological polar surface area (TPSA) is 294 Å². The normalized spacial score (nSPS) is 38.5. The fourth-order valence-electron chi connectivity index (χ4n) is 3.35. The van der Waals surface area contributed by atoms with E-state index in [1.54, 1.807) is 0 Å². The van der Waals surface area contributed by atoms with Crippen molar-refractivity contribution in [1.82, 2.24) is 20.8 Å². The van der Waals surface area contributed by atoms with Crippen molar-refractivity contribution in [3.63, 3.8) is 0 Å². The second kappa shape index (κ2) is 10.8. The molecule has 2 aliphatic rings. The van der Waals surface area contributed by atoms with Gasteiger partial charge in [-0.15, -0.1) is 0 Å². The Morgan fingerprint density at radius 2 is 1.76 bits per heavy atom. The van der Waals surface area contributed by atoms with Crippen molar-refractivity contribution in [3.05, 3.63) is 22.7 Å². The molecule has 2 saturated heterocycles. The molecular weight excluding hydrogens is 473 g/mol. The minimum Gasteiger partial charge on any atom is -0.394 e. The second-order valence-electron chi connectivity index (χ2n) is 7.29. The Labute approximate surface area is 186 Å².